The molecule has 9 heteroatoms. The number of carbonyl (C=O) groups is 2. The maximum atomic E-state index is 13.1. The second-order valence-corrected chi connectivity index (χ2v) is 8.92. The predicted molar refractivity (Wildman–Crippen MR) is 139 cm³/mol. The number of aromatic nitrogens is 3. The van der Waals surface area contributed by atoms with Gasteiger partial charge < -0.3 is 20.5 Å². The molecule has 2 aromatic heterocycles. The van der Waals surface area contributed by atoms with Crippen molar-refractivity contribution in [1.29, 1.82) is 0 Å². The number of phenols is 1. The van der Waals surface area contributed by atoms with E-state index in [1.54, 1.807) is 43.8 Å². The Kier molecular flexibility index (Phi) is 6.85. The van der Waals surface area contributed by atoms with Crippen LogP contribution in [0.15, 0.2) is 73.1 Å². The third kappa shape index (κ3) is 5.30. The van der Waals surface area contributed by atoms with Crippen molar-refractivity contribution in [3.8, 4) is 22.8 Å². The Bertz CT molecular complexity index is 1410. The van der Waals surface area contributed by atoms with Crippen molar-refractivity contribution < 1.29 is 19.4 Å². The maximum absolute atomic E-state index is 13.1. The van der Waals surface area contributed by atoms with Gasteiger partial charge in [-0.25, -0.2) is 4.79 Å². The lowest BCUT2D eigenvalue weighted by Crippen LogP contribution is -2.31. The van der Waals surface area contributed by atoms with Crippen LogP contribution in [-0.4, -0.2) is 38.9 Å². The summed E-state index contributed by atoms with van der Waals surface area (Å²) < 4.78 is 6.59. The molecule has 2 amide bonds. The van der Waals surface area contributed by atoms with Gasteiger partial charge >= 0.3 is 6.03 Å². The van der Waals surface area contributed by atoms with E-state index >= 15 is 0 Å². The molecule has 37 heavy (non-hydrogen) atoms. The number of benzene rings is 2. The Balaban J connectivity index is 1.34. The molecule has 1 aliphatic rings. The molecule has 0 radical (unpaired) electrons. The van der Waals surface area contributed by atoms with E-state index in [1.165, 1.54) is 10.7 Å². The monoisotopic (exact) mass is 497 g/mol. The molecule has 1 saturated carbocycles. The van der Waals surface area contributed by atoms with Crippen LogP contribution in [0, 0.1) is 0 Å². The summed E-state index contributed by atoms with van der Waals surface area (Å²) >= 11 is 0. The molecule has 0 spiro atoms. The highest BCUT2D eigenvalue weighted by molar-refractivity contribution is 6.04. The smallest absolute Gasteiger partial charge is 0.342 e. The first-order chi connectivity index (χ1) is 18.0. The summed E-state index contributed by atoms with van der Waals surface area (Å²) in [5.74, 6) is 0.645. The van der Waals surface area contributed by atoms with Gasteiger partial charge in [-0.2, -0.15) is 9.78 Å². The number of aromatic hydroxyl groups is 1. The van der Waals surface area contributed by atoms with Crippen LogP contribution in [0.4, 0.5) is 10.5 Å². The first-order valence-electron chi connectivity index (χ1n) is 12.1. The van der Waals surface area contributed by atoms with Crippen LogP contribution in [0.5, 0.6) is 11.5 Å². The highest BCUT2D eigenvalue weighted by Crippen LogP contribution is 2.39. The van der Waals surface area contributed by atoms with Gasteiger partial charge in [0, 0.05) is 47.7 Å². The van der Waals surface area contributed by atoms with Crippen LogP contribution in [0.1, 0.15) is 46.8 Å². The number of carbonyl (C=O) groups excluding carboxylic acids is 2. The number of hydrogen-bond acceptors (Lipinski definition) is 6. The average Bonchev–Trinajstić information content (AvgIpc) is 3.31. The molecular weight excluding hydrogens is 470 g/mol. The lowest BCUT2D eigenvalue weighted by Gasteiger charge is -2.25. The van der Waals surface area contributed by atoms with Crippen molar-refractivity contribution in [3.05, 3.63) is 89.9 Å². The first-order valence-corrected chi connectivity index (χ1v) is 12.1. The maximum Gasteiger partial charge on any atom is 0.342 e. The molecule has 5 rings (SSSR count). The van der Waals surface area contributed by atoms with Crippen LogP contribution in [0.3, 0.4) is 0 Å². The summed E-state index contributed by atoms with van der Waals surface area (Å²) in [5.41, 5.74) is 3.63. The molecule has 0 bridgehead atoms. The summed E-state index contributed by atoms with van der Waals surface area (Å²) in [7, 11) is 1.61. The highest BCUT2D eigenvalue weighted by Gasteiger charge is 2.27. The zero-order valence-corrected chi connectivity index (χ0v) is 20.3. The van der Waals surface area contributed by atoms with Gasteiger partial charge in [0.25, 0.3) is 5.91 Å². The molecule has 2 heterocycles. The number of anilines is 1. The minimum Gasteiger partial charge on any atom is -0.507 e. The van der Waals surface area contributed by atoms with E-state index in [-0.39, 0.29) is 23.6 Å². The molecular formula is C28H27N5O4. The number of phenolic OH excluding ortho intramolecular Hbond substituents is 1. The number of nitrogens with zero attached hydrogens (tertiary/aromatic N) is 3. The van der Waals surface area contributed by atoms with Crippen molar-refractivity contribution >= 4 is 17.6 Å². The van der Waals surface area contributed by atoms with Gasteiger partial charge in [0.15, 0.2) is 0 Å². The number of ether oxygens (including phenoxy) is 1. The fourth-order valence-electron chi connectivity index (χ4n) is 4.21. The standard InChI is InChI=1S/C28H27N5O4/c1-37-22-8-5-18(6-9-22)17-30-28(36)33-25(19-3-2-4-19)16-24(32-33)23-10-7-21(15-26(23)34)31-27(35)20-11-13-29-14-12-20/h5-16,19,34H,2-4,17H2,1H3,(H,30,36)(H,31,35). The molecule has 0 aliphatic heterocycles. The topological polar surface area (TPSA) is 118 Å². The minimum atomic E-state index is -0.329. The third-order valence-electron chi connectivity index (χ3n) is 6.53. The molecule has 0 saturated heterocycles. The van der Waals surface area contributed by atoms with Crippen LogP contribution in [-0.2, 0) is 6.54 Å². The lowest BCUT2D eigenvalue weighted by atomic mass is 9.82. The first kappa shape index (κ1) is 24.1. The zero-order valence-electron chi connectivity index (χ0n) is 20.3. The van der Waals surface area contributed by atoms with E-state index in [0.29, 0.717) is 29.1 Å². The molecule has 0 atom stereocenters. The van der Waals surface area contributed by atoms with E-state index in [0.717, 1.165) is 36.3 Å². The van der Waals surface area contributed by atoms with Gasteiger partial charge in [-0.15, -0.1) is 0 Å². The Labute approximate surface area is 214 Å². The van der Waals surface area contributed by atoms with Crippen LogP contribution >= 0.6 is 0 Å². The van der Waals surface area contributed by atoms with Crippen molar-refractivity contribution in [2.75, 3.05) is 12.4 Å². The van der Waals surface area contributed by atoms with E-state index in [2.05, 4.69) is 20.7 Å². The van der Waals surface area contributed by atoms with Crippen molar-refractivity contribution in [2.45, 2.75) is 31.7 Å². The van der Waals surface area contributed by atoms with Crippen molar-refractivity contribution in [2.24, 2.45) is 0 Å². The number of nitrogens with one attached hydrogen (secondary N) is 2. The molecule has 1 aliphatic carbocycles. The summed E-state index contributed by atoms with van der Waals surface area (Å²) in [6.07, 6.45) is 6.17. The van der Waals surface area contributed by atoms with Crippen molar-refractivity contribution in [1.82, 2.24) is 20.1 Å². The van der Waals surface area contributed by atoms with Crippen LogP contribution in [0.2, 0.25) is 0 Å². The quantitative estimate of drug-likeness (QED) is 0.333. The van der Waals surface area contributed by atoms with Crippen LogP contribution < -0.4 is 15.4 Å². The van der Waals surface area contributed by atoms with E-state index in [4.69, 9.17) is 4.74 Å². The molecule has 2 aromatic carbocycles. The summed E-state index contributed by atoms with van der Waals surface area (Å²) in [6, 6.07) is 17.1. The SMILES string of the molecule is COc1ccc(CNC(=O)n2nc(-c3ccc(NC(=O)c4ccncc4)cc3O)cc2C2CCC2)cc1. The average molecular weight is 498 g/mol. The Morgan fingerprint density at radius 1 is 1.05 bits per heavy atom. The fraction of sp³-hybridized carbons (Fsp3) is 0.214. The number of amides is 2. The van der Waals surface area contributed by atoms with Gasteiger partial charge in [-0.3, -0.25) is 9.78 Å². The van der Waals surface area contributed by atoms with Gasteiger partial charge in [0.1, 0.15) is 11.5 Å². The largest absolute Gasteiger partial charge is 0.507 e. The molecule has 188 valence electrons. The number of rotatable bonds is 7. The summed E-state index contributed by atoms with van der Waals surface area (Å²) in [6.45, 7) is 0.346. The Hall–Kier alpha value is -4.66. The number of methoxy groups -OCH3 is 1. The summed E-state index contributed by atoms with van der Waals surface area (Å²) in [5, 5.41) is 21.0. The van der Waals surface area contributed by atoms with E-state index in [9.17, 15) is 14.7 Å². The second kappa shape index (κ2) is 10.5. The fourth-order valence-corrected chi connectivity index (χ4v) is 4.21. The van der Waals surface area contributed by atoms with Gasteiger partial charge in [0.05, 0.1) is 18.5 Å². The van der Waals surface area contributed by atoms with Crippen molar-refractivity contribution in [3.63, 3.8) is 0 Å². The van der Waals surface area contributed by atoms with Gasteiger partial charge in [-0.1, -0.05) is 18.6 Å². The predicted octanol–water partition coefficient (Wildman–Crippen LogP) is 4.94. The molecule has 9 nitrogen and oxygen atoms in total. The Morgan fingerprint density at radius 2 is 1.81 bits per heavy atom. The third-order valence-corrected chi connectivity index (χ3v) is 6.53. The second-order valence-electron chi connectivity index (χ2n) is 8.92. The molecule has 0 unspecified atom stereocenters. The lowest BCUT2D eigenvalue weighted by molar-refractivity contribution is 0.102. The highest BCUT2D eigenvalue weighted by atomic mass is 16.5. The number of hydrogen-bond donors (Lipinski definition) is 3. The minimum absolute atomic E-state index is 0.0454. The van der Waals surface area contributed by atoms with Gasteiger partial charge in [0.2, 0.25) is 0 Å². The normalized spacial score (nSPS) is 13.0. The molecule has 4 aromatic rings. The van der Waals surface area contributed by atoms with Gasteiger partial charge in [-0.05, 0) is 60.9 Å². The van der Waals surface area contributed by atoms with E-state index in [1.807, 2.05) is 30.3 Å². The zero-order chi connectivity index (χ0) is 25.8. The van der Waals surface area contributed by atoms with Crippen LogP contribution in [0.25, 0.3) is 11.3 Å². The van der Waals surface area contributed by atoms with E-state index < -0.39 is 0 Å². The molecule has 1 fully saturated rings. The number of pyridine rings is 1. The molecule has 3 N–H and O–H groups in total. The Morgan fingerprint density at radius 3 is 2.46 bits per heavy atom. The summed E-state index contributed by atoms with van der Waals surface area (Å²) in [4.78, 5) is 29.4.